The van der Waals surface area contributed by atoms with Crippen LogP contribution in [0.1, 0.15) is 41.4 Å². The molecule has 2 aromatic carbocycles. The lowest BCUT2D eigenvalue weighted by Crippen LogP contribution is -2.11. The number of fused-ring (bicyclic) bond motifs is 1. The largest absolute Gasteiger partial charge is 0.497 e. The Morgan fingerprint density at radius 1 is 1.08 bits per heavy atom. The number of esters is 1. The number of benzene rings is 2. The molecule has 1 heterocycles. The molecule has 3 aromatic rings. The van der Waals surface area contributed by atoms with Gasteiger partial charge in [0.2, 0.25) is 0 Å². The van der Waals surface area contributed by atoms with Crippen LogP contribution in [-0.2, 0) is 11.3 Å². The van der Waals surface area contributed by atoms with Crippen LogP contribution in [-0.4, -0.2) is 24.8 Å². The smallest absolute Gasteiger partial charge is 0.340 e. The standard InChI is InChI=1S/C21H23NO3/c1-14(2)20-19(21(23)25-4)17-12-16(24-3)10-11-18(17)22(20)13-15-8-6-5-7-9-15/h5-12,14H,13H2,1-4H3. The Kier molecular flexibility index (Phi) is 4.79. The van der Waals surface area contributed by atoms with Crippen molar-refractivity contribution >= 4 is 16.9 Å². The molecule has 3 rings (SSSR count). The number of hydrogen-bond acceptors (Lipinski definition) is 3. The molecule has 0 N–H and O–H groups in total. The molecule has 1 aromatic heterocycles. The molecule has 4 nitrogen and oxygen atoms in total. The van der Waals surface area contributed by atoms with Gasteiger partial charge in [0, 0.05) is 23.1 Å². The van der Waals surface area contributed by atoms with Crippen LogP contribution in [0.25, 0.3) is 10.9 Å². The third-order valence-corrected chi connectivity index (χ3v) is 4.43. The summed E-state index contributed by atoms with van der Waals surface area (Å²) in [6.45, 7) is 4.90. The van der Waals surface area contributed by atoms with Gasteiger partial charge in [-0.1, -0.05) is 44.2 Å². The maximum atomic E-state index is 12.5. The number of hydrogen-bond donors (Lipinski definition) is 0. The highest BCUT2D eigenvalue weighted by molar-refractivity contribution is 6.06. The molecule has 0 aliphatic rings. The maximum Gasteiger partial charge on any atom is 0.340 e. The van der Waals surface area contributed by atoms with Gasteiger partial charge in [-0.05, 0) is 29.7 Å². The number of methoxy groups -OCH3 is 2. The van der Waals surface area contributed by atoms with Crippen molar-refractivity contribution in [3.63, 3.8) is 0 Å². The number of ether oxygens (including phenoxy) is 2. The normalized spacial score (nSPS) is 11.1. The van der Waals surface area contributed by atoms with E-state index in [0.29, 0.717) is 12.1 Å². The van der Waals surface area contributed by atoms with Gasteiger partial charge in [0.15, 0.2) is 0 Å². The van der Waals surface area contributed by atoms with Gasteiger partial charge in [-0.3, -0.25) is 0 Å². The van der Waals surface area contributed by atoms with E-state index < -0.39 is 0 Å². The quantitative estimate of drug-likeness (QED) is 0.638. The Morgan fingerprint density at radius 2 is 1.80 bits per heavy atom. The van der Waals surface area contributed by atoms with E-state index in [0.717, 1.165) is 22.3 Å². The average Bonchev–Trinajstić information content (AvgIpc) is 2.95. The first-order valence-corrected chi connectivity index (χ1v) is 8.39. The van der Waals surface area contributed by atoms with Gasteiger partial charge >= 0.3 is 5.97 Å². The minimum Gasteiger partial charge on any atom is -0.497 e. The highest BCUT2D eigenvalue weighted by atomic mass is 16.5. The van der Waals surface area contributed by atoms with Crippen molar-refractivity contribution in [2.75, 3.05) is 14.2 Å². The maximum absolute atomic E-state index is 12.5. The van der Waals surface area contributed by atoms with Crippen LogP contribution in [0.3, 0.4) is 0 Å². The summed E-state index contributed by atoms with van der Waals surface area (Å²) < 4.78 is 12.6. The van der Waals surface area contributed by atoms with Crippen LogP contribution in [0.15, 0.2) is 48.5 Å². The van der Waals surface area contributed by atoms with Crippen LogP contribution in [0.4, 0.5) is 0 Å². The number of carbonyl (C=O) groups is 1. The Morgan fingerprint density at radius 3 is 2.40 bits per heavy atom. The molecule has 0 amide bonds. The van der Waals surface area contributed by atoms with Crippen LogP contribution >= 0.6 is 0 Å². The van der Waals surface area contributed by atoms with E-state index >= 15 is 0 Å². The molecule has 0 radical (unpaired) electrons. The lowest BCUT2D eigenvalue weighted by molar-refractivity contribution is 0.0601. The summed E-state index contributed by atoms with van der Waals surface area (Å²) in [5.41, 5.74) is 3.81. The number of rotatable bonds is 5. The molecule has 0 fully saturated rings. The Hall–Kier alpha value is -2.75. The molecule has 25 heavy (non-hydrogen) atoms. The zero-order valence-corrected chi connectivity index (χ0v) is 15.1. The first-order chi connectivity index (χ1) is 12.1. The van der Waals surface area contributed by atoms with E-state index in [9.17, 15) is 4.79 Å². The highest BCUT2D eigenvalue weighted by Crippen LogP contribution is 2.34. The molecular weight excluding hydrogens is 314 g/mol. The fourth-order valence-electron chi connectivity index (χ4n) is 3.33. The van der Waals surface area contributed by atoms with Crippen molar-refractivity contribution in [3.05, 3.63) is 65.4 Å². The lowest BCUT2D eigenvalue weighted by atomic mass is 10.0. The fraction of sp³-hybridized carbons (Fsp3) is 0.286. The Balaban J connectivity index is 2.30. The highest BCUT2D eigenvalue weighted by Gasteiger charge is 2.25. The van der Waals surface area contributed by atoms with Crippen molar-refractivity contribution in [1.82, 2.24) is 4.57 Å². The third kappa shape index (κ3) is 3.12. The molecule has 0 saturated carbocycles. The topological polar surface area (TPSA) is 40.5 Å². The van der Waals surface area contributed by atoms with Crippen LogP contribution in [0.2, 0.25) is 0 Å². The molecule has 0 atom stereocenters. The molecular formula is C21H23NO3. The van der Waals surface area contributed by atoms with Crippen LogP contribution in [0, 0.1) is 0 Å². The van der Waals surface area contributed by atoms with E-state index in [4.69, 9.17) is 9.47 Å². The van der Waals surface area contributed by atoms with E-state index in [1.54, 1.807) is 7.11 Å². The van der Waals surface area contributed by atoms with E-state index in [1.807, 2.05) is 36.4 Å². The molecule has 0 aliphatic heterocycles. The van der Waals surface area contributed by atoms with Crippen molar-refractivity contribution < 1.29 is 14.3 Å². The minimum atomic E-state index is -0.311. The van der Waals surface area contributed by atoms with Gasteiger partial charge < -0.3 is 14.0 Å². The molecule has 130 valence electrons. The Bertz CT molecular complexity index is 894. The SMILES string of the molecule is COC(=O)c1c(C(C)C)n(Cc2ccccc2)c2ccc(OC)cc12. The van der Waals surface area contributed by atoms with Gasteiger partial charge in [-0.25, -0.2) is 4.79 Å². The van der Waals surface area contributed by atoms with E-state index in [2.05, 4.69) is 30.5 Å². The summed E-state index contributed by atoms with van der Waals surface area (Å²) in [4.78, 5) is 12.5. The summed E-state index contributed by atoms with van der Waals surface area (Å²) in [5, 5.41) is 0.867. The molecule has 0 saturated heterocycles. The summed E-state index contributed by atoms with van der Waals surface area (Å²) in [6.07, 6.45) is 0. The molecule has 4 heteroatoms. The second kappa shape index (κ2) is 7.01. The van der Waals surface area contributed by atoms with Gasteiger partial charge in [0.1, 0.15) is 5.75 Å². The van der Waals surface area contributed by atoms with Gasteiger partial charge in [-0.15, -0.1) is 0 Å². The third-order valence-electron chi connectivity index (χ3n) is 4.43. The monoisotopic (exact) mass is 337 g/mol. The summed E-state index contributed by atoms with van der Waals surface area (Å²) in [6, 6.07) is 16.1. The number of nitrogens with zero attached hydrogens (tertiary/aromatic N) is 1. The van der Waals surface area contributed by atoms with Gasteiger partial charge in [0.25, 0.3) is 0 Å². The molecule has 0 bridgehead atoms. The lowest BCUT2D eigenvalue weighted by Gasteiger charge is -2.15. The van der Waals surface area contributed by atoms with Gasteiger partial charge in [0.05, 0.1) is 19.8 Å². The van der Waals surface area contributed by atoms with Crippen LogP contribution < -0.4 is 4.74 Å². The Labute approximate surface area is 148 Å². The predicted octanol–water partition coefficient (Wildman–Crippen LogP) is 4.61. The van der Waals surface area contributed by atoms with E-state index in [1.165, 1.54) is 12.7 Å². The predicted molar refractivity (Wildman–Crippen MR) is 99.5 cm³/mol. The molecule has 0 unspecified atom stereocenters. The van der Waals surface area contributed by atoms with Gasteiger partial charge in [-0.2, -0.15) is 0 Å². The second-order valence-electron chi connectivity index (χ2n) is 6.36. The zero-order chi connectivity index (χ0) is 18.0. The first-order valence-electron chi connectivity index (χ1n) is 8.39. The van der Waals surface area contributed by atoms with Crippen molar-refractivity contribution in [3.8, 4) is 5.75 Å². The van der Waals surface area contributed by atoms with Crippen molar-refractivity contribution in [2.24, 2.45) is 0 Å². The summed E-state index contributed by atoms with van der Waals surface area (Å²) >= 11 is 0. The average molecular weight is 337 g/mol. The van der Waals surface area contributed by atoms with Crippen LogP contribution in [0.5, 0.6) is 5.75 Å². The van der Waals surface area contributed by atoms with E-state index in [-0.39, 0.29) is 11.9 Å². The molecule has 0 aliphatic carbocycles. The molecule has 0 spiro atoms. The minimum absolute atomic E-state index is 0.177. The van der Waals surface area contributed by atoms with Crippen molar-refractivity contribution in [2.45, 2.75) is 26.3 Å². The number of carbonyl (C=O) groups excluding carboxylic acids is 1. The first kappa shape index (κ1) is 17.1. The number of aromatic nitrogens is 1. The fourth-order valence-corrected chi connectivity index (χ4v) is 3.33. The second-order valence-corrected chi connectivity index (χ2v) is 6.36. The zero-order valence-electron chi connectivity index (χ0n) is 15.1. The van der Waals surface area contributed by atoms with Crippen molar-refractivity contribution in [1.29, 1.82) is 0 Å². The summed E-state index contributed by atoms with van der Waals surface area (Å²) in [5.74, 6) is 0.592. The summed E-state index contributed by atoms with van der Waals surface area (Å²) in [7, 11) is 3.05.